The summed E-state index contributed by atoms with van der Waals surface area (Å²) in [5.41, 5.74) is 2.64. The zero-order valence-corrected chi connectivity index (χ0v) is 17.3. The van der Waals surface area contributed by atoms with Crippen molar-refractivity contribution in [1.29, 1.82) is 0 Å². The van der Waals surface area contributed by atoms with E-state index >= 15 is 0 Å². The van der Waals surface area contributed by atoms with Gasteiger partial charge in [0.1, 0.15) is 0 Å². The normalized spacial score (nSPS) is 11.3. The van der Waals surface area contributed by atoms with Crippen LogP contribution in [0.15, 0.2) is 94.8 Å². The first kappa shape index (κ1) is 19.3. The molecule has 0 aliphatic carbocycles. The summed E-state index contributed by atoms with van der Waals surface area (Å²) in [6.45, 7) is 0.804. The Kier molecular flexibility index (Phi) is 4.88. The molecule has 3 aromatic heterocycles. The zero-order valence-electron chi connectivity index (χ0n) is 16.5. The van der Waals surface area contributed by atoms with E-state index in [-0.39, 0.29) is 11.1 Å². The van der Waals surface area contributed by atoms with Gasteiger partial charge in [0, 0.05) is 17.4 Å². The van der Waals surface area contributed by atoms with Crippen molar-refractivity contribution >= 4 is 33.4 Å². The summed E-state index contributed by atoms with van der Waals surface area (Å²) in [5.74, 6) is 0. The molecule has 0 bridgehead atoms. The van der Waals surface area contributed by atoms with Crippen LogP contribution in [-0.4, -0.2) is 14.1 Å². The number of aromatic nitrogens is 3. The average molecular weight is 428 g/mol. The molecule has 0 fully saturated rings. The number of hydrogen-bond acceptors (Lipinski definition) is 3. The van der Waals surface area contributed by atoms with Crippen LogP contribution in [0.1, 0.15) is 11.1 Å². The molecule has 0 aliphatic rings. The van der Waals surface area contributed by atoms with Crippen LogP contribution in [0.5, 0.6) is 0 Å². The van der Waals surface area contributed by atoms with Gasteiger partial charge in [0.15, 0.2) is 0 Å². The van der Waals surface area contributed by atoms with Crippen molar-refractivity contribution in [2.45, 2.75) is 13.1 Å². The Morgan fingerprint density at radius 3 is 1.94 bits per heavy atom. The van der Waals surface area contributed by atoms with Crippen molar-refractivity contribution in [2.75, 3.05) is 0 Å². The minimum Gasteiger partial charge on any atom is -0.310 e. The van der Waals surface area contributed by atoms with Gasteiger partial charge in [-0.25, -0.2) is 4.98 Å². The Balaban J connectivity index is 1.62. The molecule has 31 heavy (non-hydrogen) atoms. The third-order valence-electron chi connectivity index (χ3n) is 5.38. The van der Waals surface area contributed by atoms with Crippen LogP contribution in [0.2, 0.25) is 5.02 Å². The Labute approximate surface area is 182 Å². The fraction of sp³-hybridized carbons (Fsp3) is 0.0800. The molecular formula is C25H18ClN3O2. The highest BCUT2D eigenvalue weighted by Gasteiger charge is 2.11. The number of halogens is 1. The van der Waals surface area contributed by atoms with E-state index in [1.165, 1.54) is 0 Å². The van der Waals surface area contributed by atoms with Crippen LogP contribution in [0, 0.1) is 0 Å². The molecule has 3 heterocycles. The molecule has 6 heteroatoms. The number of fused-ring (bicyclic) bond motifs is 2. The Hall–Kier alpha value is -3.70. The minimum atomic E-state index is -0.204. The topological polar surface area (TPSA) is 56.9 Å². The maximum Gasteiger partial charge on any atom is 0.260 e. The van der Waals surface area contributed by atoms with Crippen LogP contribution < -0.4 is 11.1 Å². The lowest BCUT2D eigenvalue weighted by Crippen LogP contribution is -2.23. The smallest absolute Gasteiger partial charge is 0.260 e. The Morgan fingerprint density at radius 1 is 0.710 bits per heavy atom. The molecule has 0 aliphatic heterocycles. The van der Waals surface area contributed by atoms with Gasteiger partial charge < -0.3 is 9.13 Å². The lowest BCUT2D eigenvalue weighted by Gasteiger charge is -2.10. The van der Waals surface area contributed by atoms with Gasteiger partial charge in [0.25, 0.3) is 11.1 Å². The lowest BCUT2D eigenvalue weighted by molar-refractivity contribution is 0.765. The minimum absolute atomic E-state index is 0.170. The number of nitrogens with zero attached hydrogens (tertiary/aromatic N) is 3. The third kappa shape index (κ3) is 3.64. The number of hydrogen-bond donors (Lipinski definition) is 0. The monoisotopic (exact) mass is 427 g/mol. The van der Waals surface area contributed by atoms with Gasteiger partial charge in [-0.3, -0.25) is 9.59 Å². The predicted octanol–water partition coefficient (Wildman–Crippen LogP) is 4.46. The molecule has 0 spiro atoms. The van der Waals surface area contributed by atoms with Crippen molar-refractivity contribution in [3.63, 3.8) is 0 Å². The Morgan fingerprint density at radius 2 is 1.29 bits per heavy atom. The molecule has 2 aromatic carbocycles. The van der Waals surface area contributed by atoms with Crippen LogP contribution in [0.25, 0.3) is 21.8 Å². The summed E-state index contributed by atoms with van der Waals surface area (Å²) in [5, 5.41) is 1.45. The highest BCUT2D eigenvalue weighted by Crippen LogP contribution is 2.18. The van der Waals surface area contributed by atoms with Crippen molar-refractivity contribution < 1.29 is 0 Å². The second kappa shape index (κ2) is 7.85. The van der Waals surface area contributed by atoms with Crippen molar-refractivity contribution in [3.05, 3.63) is 122 Å². The first-order chi connectivity index (χ1) is 15.1. The predicted molar refractivity (Wildman–Crippen MR) is 124 cm³/mol. The second-order valence-corrected chi connectivity index (χ2v) is 7.84. The van der Waals surface area contributed by atoms with Crippen molar-refractivity contribution in [1.82, 2.24) is 14.1 Å². The standard InChI is InChI=1S/C25H18ClN3O2/c26-21-9-5-4-8-18(21)16-29-13-11-23-20(25(29)31)14-19-22(27-23)10-12-28(24(19)30)15-17-6-2-1-3-7-17/h1-14H,15-16H2. The molecular weight excluding hydrogens is 410 g/mol. The van der Waals surface area contributed by atoms with E-state index < -0.39 is 0 Å². The van der Waals surface area contributed by atoms with Crippen LogP contribution in [-0.2, 0) is 13.1 Å². The molecule has 0 saturated carbocycles. The summed E-state index contributed by atoms with van der Waals surface area (Å²) < 4.78 is 3.22. The lowest BCUT2D eigenvalue weighted by atomic mass is 10.1. The summed E-state index contributed by atoms with van der Waals surface area (Å²) in [7, 11) is 0. The number of pyridine rings is 3. The van der Waals surface area contributed by atoms with Crippen LogP contribution >= 0.6 is 11.6 Å². The van der Waals surface area contributed by atoms with Crippen LogP contribution in [0.4, 0.5) is 0 Å². The van der Waals surface area contributed by atoms with Gasteiger partial charge >= 0.3 is 0 Å². The largest absolute Gasteiger partial charge is 0.310 e. The van der Waals surface area contributed by atoms with Gasteiger partial charge in [0.2, 0.25) is 0 Å². The fourth-order valence-electron chi connectivity index (χ4n) is 3.74. The SMILES string of the molecule is O=c1c2cc3c(=O)n(Cc4ccccc4Cl)ccc3nc2ccn1Cc1ccccc1. The van der Waals surface area contributed by atoms with Gasteiger partial charge in [-0.05, 0) is 35.4 Å². The van der Waals surface area contributed by atoms with E-state index in [1.54, 1.807) is 39.7 Å². The quantitative estimate of drug-likeness (QED) is 0.398. The maximum absolute atomic E-state index is 13.1. The maximum atomic E-state index is 13.1. The molecule has 5 rings (SSSR count). The highest BCUT2D eigenvalue weighted by atomic mass is 35.5. The van der Waals surface area contributed by atoms with E-state index in [0.29, 0.717) is 39.9 Å². The van der Waals surface area contributed by atoms with E-state index in [1.807, 2.05) is 54.6 Å². The fourth-order valence-corrected chi connectivity index (χ4v) is 3.94. The first-order valence-electron chi connectivity index (χ1n) is 9.91. The van der Waals surface area contributed by atoms with Gasteiger partial charge in [-0.15, -0.1) is 0 Å². The van der Waals surface area contributed by atoms with E-state index in [0.717, 1.165) is 11.1 Å². The molecule has 0 unspecified atom stereocenters. The zero-order chi connectivity index (χ0) is 21.4. The third-order valence-corrected chi connectivity index (χ3v) is 5.75. The molecule has 152 valence electrons. The molecule has 0 atom stereocenters. The Bertz CT molecular complexity index is 1540. The second-order valence-electron chi connectivity index (χ2n) is 7.43. The highest BCUT2D eigenvalue weighted by molar-refractivity contribution is 6.31. The summed E-state index contributed by atoms with van der Waals surface area (Å²) in [6, 6.07) is 22.5. The van der Waals surface area contributed by atoms with E-state index in [9.17, 15) is 9.59 Å². The van der Waals surface area contributed by atoms with Crippen LogP contribution in [0.3, 0.4) is 0 Å². The molecule has 0 N–H and O–H groups in total. The first-order valence-corrected chi connectivity index (χ1v) is 10.3. The summed E-state index contributed by atoms with van der Waals surface area (Å²) >= 11 is 6.26. The van der Waals surface area contributed by atoms with Crippen molar-refractivity contribution in [2.24, 2.45) is 0 Å². The van der Waals surface area contributed by atoms with Gasteiger partial charge in [-0.1, -0.05) is 60.1 Å². The van der Waals surface area contributed by atoms with E-state index in [4.69, 9.17) is 11.6 Å². The molecule has 5 nitrogen and oxygen atoms in total. The van der Waals surface area contributed by atoms with Gasteiger partial charge in [-0.2, -0.15) is 0 Å². The molecule has 0 radical (unpaired) electrons. The molecule has 5 aromatic rings. The van der Waals surface area contributed by atoms with Crippen molar-refractivity contribution in [3.8, 4) is 0 Å². The van der Waals surface area contributed by atoms with Gasteiger partial charge in [0.05, 0.1) is 34.9 Å². The number of rotatable bonds is 4. The summed E-state index contributed by atoms with van der Waals surface area (Å²) in [6.07, 6.45) is 3.46. The number of benzene rings is 2. The molecule has 0 saturated heterocycles. The molecule has 0 amide bonds. The van der Waals surface area contributed by atoms with E-state index in [2.05, 4.69) is 4.98 Å². The average Bonchev–Trinajstić information content (AvgIpc) is 2.79. The summed E-state index contributed by atoms with van der Waals surface area (Å²) in [4.78, 5) is 30.8.